The van der Waals surface area contributed by atoms with Crippen LogP contribution in [0.1, 0.15) is 12.5 Å². The van der Waals surface area contributed by atoms with E-state index in [1.54, 1.807) is 31.2 Å². The zero-order valence-corrected chi connectivity index (χ0v) is 15.0. The minimum atomic E-state index is -0.945. The second kappa shape index (κ2) is 9.75. The standard InChI is InChI=1S/C21H16F2N2O3/c1-3-9-28-19-8-5-14(11-20(19)27-4-2)10-15(13-24)21(26)25-18-7-6-16(22)12-17(18)23/h1,5-8,10-12H,4,9H2,2H3,(H,25,26)/b15-10+. The summed E-state index contributed by atoms with van der Waals surface area (Å²) in [6, 6.07) is 9.25. The molecular weight excluding hydrogens is 366 g/mol. The van der Waals surface area contributed by atoms with Crippen molar-refractivity contribution in [2.75, 3.05) is 18.5 Å². The number of terminal acetylenes is 1. The van der Waals surface area contributed by atoms with Gasteiger partial charge in [0.15, 0.2) is 11.5 Å². The molecule has 0 aromatic heterocycles. The maximum atomic E-state index is 13.7. The zero-order chi connectivity index (χ0) is 20.5. The summed E-state index contributed by atoms with van der Waals surface area (Å²) in [7, 11) is 0. The van der Waals surface area contributed by atoms with Gasteiger partial charge in [-0.2, -0.15) is 5.26 Å². The highest BCUT2D eigenvalue weighted by Gasteiger charge is 2.13. The summed E-state index contributed by atoms with van der Waals surface area (Å²) in [5.41, 5.74) is -0.0214. The van der Waals surface area contributed by atoms with E-state index in [0.29, 0.717) is 29.7 Å². The van der Waals surface area contributed by atoms with Crippen LogP contribution in [0.25, 0.3) is 6.08 Å². The summed E-state index contributed by atoms with van der Waals surface area (Å²) >= 11 is 0. The Bertz CT molecular complexity index is 988. The molecule has 7 heteroatoms. The monoisotopic (exact) mass is 382 g/mol. The number of carbonyl (C=O) groups is 1. The summed E-state index contributed by atoms with van der Waals surface area (Å²) in [5, 5.41) is 11.5. The lowest BCUT2D eigenvalue weighted by Gasteiger charge is -2.11. The van der Waals surface area contributed by atoms with Crippen LogP contribution >= 0.6 is 0 Å². The van der Waals surface area contributed by atoms with Gasteiger partial charge >= 0.3 is 0 Å². The molecule has 1 amide bonds. The van der Waals surface area contributed by atoms with Crippen molar-refractivity contribution in [3.8, 4) is 29.9 Å². The number of anilines is 1. The van der Waals surface area contributed by atoms with Gasteiger partial charge in [-0.25, -0.2) is 8.78 Å². The van der Waals surface area contributed by atoms with Gasteiger partial charge in [-0.15, -0.1) is 6.42 Å². The maximum Gasteiger partial charge on any atom is 0.266 e. The normalized spacial score (nSPS) is 10.5. The molecule has 0 bridgehead atoms. The molecule has 0 radical (unpaired) electrons. The Hall–Kier alpha value is -3.84. The number of ether oxygens (including phenoxy) is 2. The molecule has 2 rings (SSSR count). The average Bonchev–Trinajstić information content (AvgIpc) is 2.67. The van der Waals surface area contributed by atoms with Gasteiger partial charge in [0.1, 0.15) is 29.9 Å². The molecule has 5 nitrogen and oxygen atoms in total. The molecule has 1 N–H and O–H groups in total. The summed E-state index contributed by atoms with van der Waals surface area (Å²) < 4.78 is 37.5. The Balaban J connectivity index is 2.27. The Morgan fingerprint density at radius 3 is 2.64 bits per heavy atom. The van der Waals surface area contributed by atoms with Crippen LogP contribution in [0.2, 0.25) is 0 Å². The lowest BCUT2D eigenvalue weighted by atomic mass is 10.1. The predicted octanol–water partition coefficient (Wildman–Crippen LogP) is 3.92. The van der Waals surface area contributed by atoms with Crippen LogP contribution in [-0.2, 0) is 4.79 Å². The molecular formula is C21H16F2N2O3. The first kappa shape index (κ1) is 20.5. The third-order valence-corrected chi connectivity index (χ3v) is 3.43. The predicted molar refractivity (Wildman–Crippen MR) is 101 cm³/mol. The Labute approximate surface area is 161 Å². The van der Waals surface area contributed by atoms with E-state index in [-0.39, 0.29) is 17.9 Å². The minimum Gasteiger partial charge on any atom is -0.490 e. The lowest BCUT2D eigenvalue weighted by Crippen LogP contribution is -2.14. The summed E-state index contributed by atoms with van der Waals surface area (Å²) in [5.74, 6) is 0.614. The number of hydrogen-bond acceptors (Lipinski definition) is 4. The van der Waals surface area contributed by atoms with E-state index >= 15 is 0 Å². The fraction of sp³-hybridized carbons (Fsp3) is 0.143. The number of nitrogens with one attached hydrogen (secondary N) is 1. The molecule has 0 heterocycles. The van der Waals surface area contributed by atoms with E-state index in [1.165, 1.54) is 6.08 Å². The molecule has 142 valence electrons. The van der Waals surface area contributed by atoms with Crippen molar-refractivity contribution in [3.05, 3.63) is 59.2 Å². The zero-order valence-electron chi connectivity index (χ0n) is 15.0. The third kappa shape index (κ3) is 5.33. The Morgan fingerprint density at radius 2 is 2.00 bits per heavy atom. The number of benzene rings is 2. The number of hydrogen-bond donors (Lipinski definition) is 1. The summed E-state index contributed by atoms with van der Waals surface area (Å²) in [6.07, 6.45) is 6.49. The fourth-order valence-corrected chi connectivity index (χ4v) is 2.22. The van der Waals surface area contributed by atoms with Crippen LogP contribution in [0.15, 0.2) is 42.0 Å². The highest BCUT2D eigenvalue weighted by molar-refractivity contribution is 6.09. The van der Waals surface area contributed by atoms with Crippen molar-refractivity contribution in [1.29, 1.82) is 5.26 Å². The Morgan fingerprint density at radius 1 is 1.21 bits per heavy atom. The van der Waals surface area contributed by atoms with Crippen molar-refractivity contribution in [1.82, 2.24) is 0 Å². The molecule has 0 aliphatic rings. The SMILES string of the molecule is C#CCOc1ccc(/C=C(\C#N)C(=O)Nc2ccc(F)cc2F)cc1OCC. The number of nitriles is 1. The largest absolute Gasteiger partial charge is 0.490 e. The van der Waals surface area contributed by atoms with Crippen LogP contribution < -0.4 is 14.8 Å². The van der Waals surface area contributed by atoms with E-state index in [0.717, 1.165) is 12.1 Å². The highest BCUT2D eigenvalue weighted by atomic mass is 19.1. The Kier molecular flexibility index (Phi) is 7.13. The second-order valence-corrected chi connectivity index (χ2v) is 5.38. The molecule has 28 heavy (non-hydrogen) atoms. The molecule has 0 spiro atoms. The molecule has 0 atom stereocenters. The van der Waals surface area contributed by atoms with Crippen molar-refractivity contribution < 1.29 is 23.0 Å². The summed E-state index contributed by atoms with van der Waals surface area (Å²) in [6.45, 7) is 2.22. The van der Waals surface area contributed by atoms with Crippen LogP contribution in [0.3, 0.4) is 0 Å². The van der Waals surface area contributed by atoms with Gasteiger partial charge in [-0.05, 0) is 42.8 Å². The molecule has 0 saturated carbocycles. The van der Waals surface area contributed by atoms with Crippen molar-refractivity contribution in [3.63, 3.8) is 0 Å². The van der Waals surface area contributed by atoms with Crippen LogP contribution in [-0.4, -0.2) is 19.1 Å². The number of carbonyl (C=O) groups excluding carboxylic acids is 1. The van der Waals surface area contributed by atoms with E-state index in [9.17, 15) is 18.8 Å². The first-order chi connectivity index (χ1) is 13.5. The number of rotatable bonds is 7. The molecule has 2 aromatic rings. The molecule has 0 unspecified atom stereocenters. The van der Waals surface area contributed by atoms with Gasteiger partial charge in [0.25, 0.3) is 5.91 Å². The molecule has 0 fully saturated rings. The van der Waals surface area contributed by atoms with Crippen LogP contribution in [0, 0.1) is 35.3 Å². The van der Waals surface area contributed by atoms with Crippen LogP contribution in [0.4, 0.5) is 14.5 Å². The lowest BCUT2D eigenvalue weighted by molar-refractivity contribution is -0.112. The molecule has 0 saturated heterocycles. The summed E-state index contributed by atoms with van der Waals surface area (Å²) in [4.78, 5) is 12.3. The van der Waals surface area contributed by atoms with Gasteiger partial charge in [0.05, 0.1) is 12.3 Å². The topological polar surface area (TPSA) is 71.3 Å². The second-order valence-electron chi connectivity index (χ2n) is 5.38. The van der Waals surface area contributed by atoms with E-state index in [2.05, 4.69) is 11.2 Å². The molecule has 0 aliphatic carbocycles. The molecule has 2 aromatic carbocycles. The third-order valence-electron chi connectivity index (χ3n) is 3.43. The minimum absolute atomic E-state index is 0.0599. The van der Waals surface area contributed by atoms with Gasteiger partial charge in [-0.3, -0.25) is 4.79 Å². The maximum absolute atomic E-state index is 13.7. The first-order valence-electron chi connectivity index (χ1n) is 8.19. The van der Waals surface area contributed by atoms with Gasteiger partial charge < -0.3 is 14.8 Å². The van der Waals surface area contributed by atoms with Gasteiger partial charge in [0.2, 0.25) is 0 Å². The first-order valence-corrected chi connectivity index (χ1v) is 8.19. The quantitative estimate of drug-likeness (QED) is 0.448. The van der Waals surface area contributed by atoms with Crippen LogP contribution in [0.5, 0.6) is 11.5 Å². The van der Waals surface area contributed by atoms with Gasteiger partial charge in [0, 0.05) is 6.07 Å². The highest BCUT2D eigenvalue weighted by Crippen LogP contribution is 2.29. The van der Waals surface area contributed by atoms with E-state index in [1.807, 2.05) is 0 Å². The smallest absolute Gasteiger partial charge is 0.266 e. The average molecular weight is 382 g/mol. The van der Waals surface area contributed by atoms with E-state index < -0.39 is 17.5 Å². The van der Waals surface area contributed by atoms with Crippen molar-refractivity contribution >= 4 is 17.7 Å². The fourth-order valence-electron chi connectivity index (χ4n) is 2.22. The van der Waals surface area contributed by atoms with Gasteiger partial charge in [-0.1, -0.05) is 12.0 Å². The van der Waals surface area contributed by atoms with Crippen molar-refractivity contribution in [2.45, 2.75) is 6.92 Å². The van der Waals surface area contributed by atoms with E-state index in [4.69, 9.17) is 15.9 Å². The number of halogens is 2. The number of amides is 1. The van der Waals surface area contributed by atoms with Crippen molar-refractivity contribution in [2.24, 2.45) is 0 Å². The number of nitrogens with zero attached hydrogens (tertiary/aromatic N) is 1. The molecule has 0 aliphatic heterocycles.